The minimum absolute atomic E-state index is 0.0349. The molecule has 1 aromatic rings. The van der Waals surface area contributed by atoms with E-state index in [9.17, 15) is 18.0 Å². The van der Waals surface area contributed by atoms with Crippen molar-refractivity contribution in [1.29, 1.82) is 0 Å². The summed E-state index contributed by atoms with van der Waals surface area (Å²) >= 11 is 0. The van der Waals surface area contributed by atoms with Crippen LogP contribution in [0.5, 0.6) is 0 Å². The summed E-state index contributed by atoms with van der Waals surface area (Å²) in [7, 11) is -1.84. The molecule has 1 heterocycles. The molecule has 0 atom stereocenters. The Morgan fingerprint density at radius 3 is 2.26 bits per heavy atom. The van der Waals surface area contributed by atoms with E-state index >= 15 is 0 Å². The summed E-state index contributed by atoms with van der Waals surface area (Å²) < 4.78 is 27.0. The first-order valence-corrected chi connectivity index (χ1v) is 10.5. The Labute approximate surface area is 160 Å². The molecule has 0 aliphatic carbocycles. The second-order valence-corrected chi connectivity index (χ2v) is 8.71. The lowest BCUT2D eigenvalue weighted by molar-refractivity contribution is -0.137. The molecule has 2 N–H and O–H groups in total. The van der Waals surface area contributed by atoms with Crippen LogP contribution in [0.3, 0.4) is 0 Å². The number of anilines is 1. The van der Waals surface area contributed by atoms with Gasteiger partial charge in [0.1, 0.15) is 0 Å². The lowest BCUT2D eigenvalue weighted by atomic mass is 10.2. The van der Waals surface area contributed by atoms with E-state index < -0.39 is 16.0 Å². The van der Waals surface area contributed by atoms with E-state index in [1.807, 2.05) is 0 Å². The third-order valence-electron chi connectivity index (χ3n) is 4.46. The van der Waals surface area contributed by atoms with Crippen LogP contribution in [0.15, 0.2) is 29.2 Å². The highest BCUT2D eigenvalue weighted by atomic mass is 32.2. The highest BCUT2D eigenvalue weighted by Crippen LogP contribution is 2.21. The zero-order valence-electron chi connectivity index (χ0n) is 15.6. The highest BCUT2D eigenvalue weighted by molar-refractivity contribution is 7.89. The van der Waals surface area contributed by atoms with Crippen LogP contribution in [0, 0.1) is 0 Å². The molecule has 1 aliphatic heterocycles. The van der Waals surface area contributed by atoms with Crippen molar-refractivity contribution in [1.82, 2.24) is 9.21 Å². The van der Waals surface area contributed by atoms with Gasteiger partial charge in [0.15, 0.2) is 0 Å². The van der Waals surface area contributed by atoms with Crippen LogP contribution in [-0.2, 0) is 19.6 Å². The van der Waals surface area contributed by atoms with Gasteiger partial charge in [-0.2, -0.15) is 4.31 Å². The number of amides is 1. The van der Waals surface area contributed by atoms with Crippen LogP contribution < -0.4 is 5.32 Å². The van der Waals surface area contributed by atoms with E-state index in [0.717, 1.165) is 25.7 Å². The van der Waals surface area contributed by atoms with Crippen molar-refractivity contribution in [2.45, 2.75) is 37.0 Å². The van der Waals surface area contributed by atoms with Crippen LogP contribution in [-0.4, -0.2) is 67.8 Å². The standard InChI is InChI=1S/C18H27N3O5S/c1-20(13-10-18(23)24)14-17(22)19-15-6-8-16(9-7-15)27(25,26)21-11-4-2-3-5-12-21/h6-9H,2-5,10-14H2,1H3,(H,19,22)(H,23,24). The fourth-order valence-electron chi connectivity index (χ4n) is 2.95. The first-order chi connectivity index (χ1) is 12.8. The molecule has 150 valence electrons. The minimum Gasteiger partial charge on any atom is -0.481 e. The zero-order chi connectivity index (χ0) is 19.9. The number of hydrogen-bond acceptors (Lipinski definition) is 5. The van der Waals surface area contributed by atoms with Gasteiger partial charge in [0.05, 0.1) is 17.9 Å². The van der Waals surface area contributed by atoms with E-state index in [0.29, 0.717) is 18.8 Å². The lowest BCUT2D eigenvalue weighted by Gasteiger charge is -2.20. The molecule has 1 amide bonds. The van der Waals surface area contributed by atoms with Crippen molar-refractivity contribution in [3.63, 3.8) is 0 Å². The summed E-state index contributed by atoms with van der Waals surface area (Å²) in [5.41, 5.74) is 0.501. The summed E-state index contributed by atoms with van der Waals surface area (Å²) in [6.45, 7) is 1.42. The van der Waals surface area contributed by atoms with E-state index in [-0.39, 0.29) is 30.3 Å². The van der Waals surface area contributed by atoms with E-state index in [2.05, 4.69) is 5.32 Å². The number of carboxylic acids is 1. The number of likely N-dealkylation sites (N-methyl/N-ethyl adjacent to an activating group) is 1. The van der Waals surface area contributed by atoms with Crippen molar-refractivity contribution in [3.05, 3.63) is 24.3 Å². The molecule has 0 saturated carbocycles. The summed E-state index contributed by atoms with van der Waals surface area (Å²) in [5.74, 6) is -1.20. The predicted molar refractivity (Wildman–Crippen MR) is 102 cm³/mol. The smallest absolute Gasteiger partial charge is 0.304 e. The Morgan fingerprint density at radius 1 is 1.11 bits per heavy atom. The minimum atomic E-state index is -3.51. The van der Waals surface area contributed by atoms with Crippen LogP contribution >= 0.6 is 0 Å². The van der Waals surface area contributed by atoms with Gasteiger partial charge in [0.2, 0.25) is 15.9 Å². The molecule has 9 heteroatoms. The summed E-state index contributed by atoms with van der Waals surface area (Å²) in [6.07, 6.45) is 3.83. The molecule has 0 spiro atoms. The second kappa shape index (κ2) is 9.82. The molecule has 1 saturated heterocycles. The SMILES string of the molecule is CN(CCC(=O)O)CC(=O)Nc1ccc(S(=O)(=O)N2CCCCCC2)cc1. The Bertz CT molecular complexity index is 741. The summed E-state index contributed by atoms with van der Waals surface area (Å²) in [6, 6.07) is 6.15. The van der Waals surface area contributed by atoms with Gasteiger partial charge in [-0.15, -0.1) is 0 Å². The molecule has 2 rings (SSSR count). The molecule has 27 heavy (non-hydrogen) atoms. The summed E-state index contributed by atoms with van der Waals surface area (Å²) in [5, 5.41) is 11.3. The first kappa shape index (κ1) is 21.3. The molecule has 1 fully saturated rings. The highest BCUT2D eigenvalue weighted by Gasteiger charge is 2.25. The molecular formula is C18H27N3O5S. The lowest BCUT2D eigenvalue weighted by Crippen LogP contribution is -2.32. The van der Waals surface area contributed by atoms with Gasteiger partial charge in [0.25, 0.3) is 0 Å². The first-order valence-electron chi connectivity index (χ1n) is 9.09. The number of carboxylic acid groups (broad SMARTS) is 1. The van der Waals surface area contributed by atoms with Crippen molar-refractivity contribution in [2.24, 2.45) is 0 Å². The zero-order valence-corrected chi connectivity index (χ0v) is 16.4. The number of hydrogen-bond donors (Lipinski definition) is 2. The van der Waals surface area contributed by atoms with Gasteiger partial charge >= 0.3 is 5.97 Å². The van der Waals surface area contributed by atoms with Gasteiger partial charge in [-0.1, -0.05) is 12.8 Å². The second-order valence-electron chi connectivity index (χ2n) is 6.77. The number of sulfonamides is 1. The van der Waals surface area contributed by atoms with Crippen LogP contribution in [0.1, 0.15) is 32.1 Å². The van der Waals surface area contributed by atoms with Crippen molar-refractivity contribution in [2.75, 3.05) is 38.5 Å². The van der Waals surface area contributed by atoms with Crippen molar-refractivity contribution >= 4 is 27.6 Å². The maximum absolute atomic E-state index is 12.7. The normalized spacial score (nSPS) is 16.1. The predicted octanol–water partition coefficient (Wildman–Crippen LogP) is 1.60. The Kier molecular flexibility index (Phi) is 7.76. The van der Waals surface area contributed by atoms with E-state index in [1.54, 1.807) is 24.1 Å². The number of carbonyl (C=O) groups excluding carboxylic acids is 1. The third-order valence-corrected chi connectivity index (χ3v) is 6.37. The Balaban J connectivity index is 1.94. The fraction of sp³-hybridized carbons (Fsp3) is 0.556. The Hall–Kier alpha value is -1.97. The van der Waals surface area contributed by atoms with Gasteiger partial charge in [-0.05, 0) is 44.2 Å². The number of aliphatic carboxylic acids is 1. The number of carbonyl (C=O) groups is 2. The quantitative estimate of drug-likeness (QED) is 0.690. The molecule has 0 unspecified atom stereocenters. The average molecular weight is 397 g/mol. The molecule has 1 aliphatic rings. The topological polar surface area (TPSA) is 107 Å². The van der Waals surface area contributed by atoms with Gasteiger partial charge < -0.3 is 10.4 Å². The average Bonchev–Trinajstić information content (AvgIpc) is 2.90. The Morgan fingerprint density at radius 2 is 1.70 bits per heavy atom. The number of nitrogens with one attached hydrogen (secondary N) is 1. The number of rotatable bonds is 8. The van der Waals surface area contributed by atoms with Crippen LogP contribution in [0.4, 0.5) is 5.69 Å². The van der Waals surface area contributed by atoms with Crippen molar-refractivity contribution < 1.29 is 23.1 Å². The molecule has 0 radical (unpaired) electrons. The van der Waals surface area contributed by atoms with Crippen molar-refractivity contribution in [3.8, 4) is 0 Å². The van der Waals surface area contributed by atoms with Crippen LogP contribution in [0.2, 0.25) is 0 Å². The largest absolute Gasteiger partial charge is 0.481 e. The maximum atomic E-state index is 12.7. The maximum Gasteiger partial charge on any atom is 0.304 e. The molecule has 0 aromatic heterocycles. The molecule has 1 aromatic carbocycles. The monoisotopic (exact) mass is 397 g/mol. The van der Waals surface area contributed by atoms with E-state index in [4.69, 9.17) is 5.11 Å². The van der Waals surface area contributed by atoms with Crippen LogP contribution in [0.25, 0.3) is 0 Å². The molecule has 8 nitrogen and oxygen atoms in total. The number of benzene rings is 1. The third kappa shape index (κ3) is 6.60. The molecule has 0 bridgehead atoms. The van der Waals surface area contributed by atoms with E-state index in [1.165, 1.54) is 16.4 Å². The van der Waals surface area contributed by atoms with Gasteiger partial charge in [0, 0.05) is 25.3 Å². The number of nitrogens with zero attached hydrogens (tertiary/aromatic N) is 2. The van der Waals surface area contributed by atoms with Gasteiger partial charge in [-0.25, -0.2) is 8.42 Å². The fourth-order valence-corrected chi connectivity index (χ4v) is 4.47. The van der Waals surface area contributed by atoms with Gasteiger partial charge in [-0.3, -0.25) is 14.5 Å². The summed E-state index contributed by atoms with van der Waals surface area (Å²) in [4.78, 5) is 24.4. The molecular weight excluding hydrogens is 370 g/mol.